The zero-order valence-electron chi connectivity index (χ0n) is 16.0. The lowest BCUT2D eigenvalue weighted by Gasteiger charge is -2.11. The van der Waals surface area contributed by atoms with E-state index in [1.54, 1.807) is 37.4 Å². The van der Waals surface area contributed by atoms with Crippen LogP contribution in [-0.2, 0) is 6.42 Å². The van der Waals surface area contributed by atoms with Gasteiger partial charge in [-0.2, -0.15) is 0 Å². The van der Waals surface area contributed by atoms with Crippen molar-refractivity contribution in [1.29, 1.82) is 0 Å². The van der Waals surface area contributed by atoms with Gasteiger partial charge in [-0.3, -0.25) is 4.79 Å². The number of anilines is 3. The monoisotopic (exact) mass is 378 g/mol. The topological polar surface area (TPSA) is 85.4 Å². The van der Waals surface area contributed by atoms with Crippen LogP contribution in [0.15, 0.2) is 54.6 Å². The van der Waals surface area contributed by atoms with E-state index in [1.807, 2.05) is 12.1 Å². The van der Waals surface area contributed by atoms with E-state index in [2.05, 4.69) is 39.9 Å². The van der Waals surface area contributed by atoms with Crippen LogP contribution in [-0.4, -0.2) is 30.3 Å². The first-order valence-corrected chi connectivity index (χ1v) is 8.86. The van der Waals surface area contributed by atoms with Gasteiger partial charge in [0.2, 0.25) is 0 Å². The van der Waals surface area contributed by atoms with E-state index in [-0.39, 0.29) is 5.69 Å². The Morgan fingerprint density at radius 2 is 1.75 bits per heavy atom. The van der Waals surface area contributed by atoms with E-state index < -0.39 is 5.91 Å². The molecule has 0 unspecified atom stereocenters. The molecular formula is C21H22N4O3. The summed E-state index contributed by atoms with van der Waals surface area (Å²) in [5.74, 6) is 1.30. The predicted octanol–water partition coefficient (Wildman–Crippen LogP) is 4.05. The number of rotatable bonds is 7. The van der Waals surface area contributed by atoms with Crippen LogP contribution in [0, 0.1) is 0 Å². The van der Waals surface area contributed by atoms with Crippen molar-refractivity contribution in [3.05, 3.63) is 65.9 Å². The molecule has 3 aromatic rings. The van der Waals surface area contributed by atoms with Gasteiger partial charge in [0.1, 0.15) is 11.5 Å². The summed E-state index contributed by atoms with van der Waals surface area (Å²) in [6, 6.07) is 16.5. The van der Waals surface area contributed by atoms with Crippen LogP contribution in [0.25, 0.3) is 0 Å². The minimum atomic E-state index is -0.391. The summed E-state index contributed by atoms with van der Waals surface area (Å²) in [4.78, 5) is 12.5. The van der Waals surface area contributed by atoms with Crippen molar-refractivity contribution in [3.63, 3.8) is 0 Å². The molecule has 0 spiro atoms. The summed E-state index contributed by atoms with van der Waals surface area (Å²) in [6.45, 7) is 2.11. The number of carbonyl (C=O) groups excluding carboxylic acids is 1. The normalized spacial score (nSPS) is 10.2. The Labute approximate surface area is 163 Å². The molecule has 0 saturated carbocycles. The molecule has 0 saturated heterocycles. The van der Waals surface area contributed by atoms with Crippen molar-refractivity contribution in [2.75, 3.05) is 24.9 Å². The highest BCUT2D eigenvalue weighted by Gasteiger charge is 2.13. The number of aryl methyl sites for hydroxylation is 1. The SMILES string of the molecule is CCc1ccc(Nc2ccc(C(=O)Nc3cc(OC)ccc3OC)nn2)cc1. The second-order valence-corrected chi connectivity index (χ2v) is 6.00. The fourth-order valence-corrected chi connectivity index (χ4v) is 2.59. The highest BCUT2D eigenvalue weighted by Crippen LogP contribution is 2.29. The Morgan fingerprint density at radius 3 is 2.36 bits per heavy atom. The molecular weight excluding hydrogens is 356 g/mol. The highest BCUT2D eigenvalue weighted by molar-refractivity contribution is 6.03. The fraction of sp³-hybridized carbons (Fsp3) is 0.190. The molecule has 0 bridgehead atoms. The van der Waals surface area contributed by atoms with Gasteiger partial charge in [0, 0.05) is 11.8 Å². The molecule has 1 heterocycles. The summed E-state index contributed by atoms with van der Waals surface area (Å²) >= 11 is 0. The van der Waals surface area contributed by atoms with Crippen LogP contribution < -0.4 is 20.1 Å². The minimum absolute atomic E-state index is 0.191. The lowest BCUT2D eigenvalue weighted by Crippen LogP contribution is -2.15. The largest absolute Gasteiger partial charge is 0.497 e. The van der Waals surface area contributed by atoms with Gasteiger partial charge in [0.15, 0.2) is 11.5 Å². The van der Waals surface area contributed by atoms with Gasteiger partial charge in [0.05, 0.1) is 19.9 Å². The molecule has 7 nitrogen and oxygen atoms in total. The van der Waals surface area contributed by atoms with E-state index in [1.165, 1.54) is 12.7 Å². The van der Waals surface area contributed by atoms with Crippen molar-refractivity contribution in [2.45, 2.75) is 13.3 Å². The third-order valence-corrected chi connectivity index (χ3v) is 4.19. The molecule has 3 rings (SSSR count). The smallest absolute Gasteiger partial charge is 0.276 e. The second-order valence-electron chi connectivity index (χ2n) is 6.00. The first-order chi connectivity index (χ1) is 13.6. The molecule has 0 radical (unpaired) electrons. The third-order valence-electron chi connectivity index (χ3n) is 4.19. The number of carbonyl (C=O) groups is 1. The Bertz CT molecular complexity index is 941. The fourth-order valence-electron chi connectivity index (χ4n) is 2.59. The lowest BCUT2D eigenvalue weighted by molar-refractivity contribution is 0.102. The molecule has 0 atom stereocenters. The van der Waals surface area contributed by atoms with E-state index in [9.17, 15) is 4.79 Å². The molecule has 0 aliphatic heterocycles. The first-order valence-electron chi connectivity index (χ1n) is 8.86. The zero-order chi connectivity index (χ0) is 19.9. The Kier molecular flexibility index (Phi) is 6.06. The number of aromatic nitrogens is 2. The Balaban J connectivity index is 1.69. The number of nitrogens with zero attached hydrogens (tertiary/aromatic N) is 2. The molecule has 28 heavy (non-hydrogen) atoms. The number of ether oxygens (including phenoxy) is 2. The van der Waals surface area contributed by atoms with Gasteiger partial charge in [-0.05, 0) is 48.4 Å². The van der Waals surface area contributed by atoms with E-state index in [0.29, 0.717) is 23.0 Å². The number of hydrogen-bond donors (Lipinski definition) is 2. The number of methoxy groups -OCH3 is 2. The van der Waals surface area contributed by atoms with Crippen LogP contribution >= 0.6 is 0 Å². The zero-order valence-corrected chi connectivity index (χ0v) is 16.0. The van der Waals surface area contributed by atoms with Gasteiger partial charge in [-0.25, -0.2) is 0 Å². The van der Waals surface area contributed by atoms with Crippen molar-refractivity contribution in [3.8, 4) is 11.5 Å². The second kappa shape index (κ2) is 8.85. The van der Waals surface area contributed by atoms with Gasteiger partial charge < -0.3 is 20.1 Å². The Hall–Kier alpha value is -3.61. The quantitative estimate of drug-likeness (QED) is 0.645. The highest BCUT2D eigenvalue weighted by atomic mass is 16.5. The van der Waals surface area contributed by atoms with Crippen molar-refractivity contribution >= 4 is 23.1 Å². The summed E-state index contributed by atoms with van der Waals surface area (Å²) in [5.41, 5.74) is 2.85. The van der Waals surface area contributed by atoms with Crippen LogP contribution in [0.3, 0.4) is 0 Å². The van der Waals surface area contributed by atoms with E-state index in [0.717, 1.165) is 12.1 Å². The van der Waals surface area contributed by atoms with Crippen LogP contribution in [0.4, 0.5) is 17.2 Å². The average molecular weight is 378 g/mol. The first kappa shape index (κ1) is 19.2. The van der Waals surface area contributed by atoms with Crippen LogP contribution in [0.5, 0.6) is 11.5 Å². The molecule has 0 aliphatic carbocycles. The predicted molar refractivity (Wildman–Crippen MR) is 109 cm³/mol. The Morgan fingerprint density at radius 1 is 0.964 bits per heavy atom. The maximum atomic E-state index is 12.5. The number of nitrogens with one attached hydrogen (secondary N) is 2. The molecule has 7 heteroatoms. The van der Waals surface area contributed by atoms with E-state index >= 15 is 0 Å². The number of hydrogen-bond acceptors (Lipinski definition) is 6. The van der Waals surface area contributed by atoms with Crippen molar-refractivity contribution in [1.82, 2.24) is 10.2 Å². The third kappa shape index (κ3) is 4.56. The summed E-state index contributed by atoms with van der Waals surface area (Å²) in [7, 11) is 3.09. The minimum Gasteiger partial charge on any atom is -0.497 e. The van der Waals surface area contributed by atoms with Crippen LogP contribution in [0.1, 0.15) is 23.0 Å². The maximum Gasteiger partial charge on any atom is 0.276 e. The van der Waals surface area contributed by atoms with Crippen molar-refractivity contribution in [2.24, 2.45) is 0 Å². The summed E-state index contributed by atoms with van der Waals surface area (Å²) < 4.78 is 10.5. The summed E-state index contributed by atoms with van der Waals surface area (Å²) in [6.07, 6.45) is 0.988. The van der Waals surface area contributed by atoms with Gasteiger partial charge in [0.25, 0.3) is 5.91 Å². The molecule has 2 aromatic carbocycles. The summed E-state index contributed by atoms with van der Waals surface area (Å²) in [5, 5.41) is 14.0. The van der Waals surface area contributed by atoms with Crippen LogP contribution in [0.2, 0.25) is 0 Å². The molecule has 0 fully saturated rings. The molecule has 2 N–H and O–H groups in total. The van der Waals surface area contributed by atoms with E-state index in [4.69, 9.17) is 9.47 Å². The molecule has 0 aliphatic rings. The van der Waals surface area contributed by atoms with Gasteiger partial charge in [-0.1, -0.05) is 19.1 Å². The average Bonchev–Trinajstić information content (AvgIpc) is 2.74. The molecule has 1 aromatic heterocycles. The van der Waals surface area contributed by atoms with Gasteiger partial charge >= 0.3 is 0 Å². The molecule has 144 valence electrons. The maximum absolute atomic E-state index is 12.5. The molecule has 1 amide bonds. The standard InChI is InChI=1S/C21H22N4O3/c1-4-14-5-7-15(8-6-14)22-20-12-10-17(24-25-20)21(26)23-18-13-16(27-2)9-11-19(18)28-3/h5-13H,4H2,1-3H3,(H,22,25)(H,23,26). The lowest BCUT2D eigenvalue weighted by atomic mass is 10.1. The number of amides is 1. The number of benzene rings is 2. The van der Waals surface area contributed by atoms with Gasteiger partial charge in [-0.15, -0.1) is 10.2 Å². The van der Waals surface area contributed by atoms with Crippen molar-refractivity contribution < 1.29 is 14.3 Å².